The second kappa shape index (κ2) is 6.26. The first-order valence-corrected chi connectivity index (χ1v) is 7.49. The molecule has 0 aliphatic rings. The third kappa shape index (κ3) is 2.85. The fourth-order valence-corrected chi connectivity index (χ4v) is 2.61. The van der Waals surface area contributed by atoms with Crippen LogP contribution in [0.25, 0.3) is 16.9 Å². The monoisotopic (exact) mass is 326 g/mol. The predicted octanol–water partition coefficient (Wildman–Crippen LogP) is 4.29. The van der Waals surface area contributed by atoms with Crippen molar-refractivity contribution in [1.82, 2.24) is 9.78 Å². The van der Waals surface area contributed by atoms with Gasteiger partial charge < -0.3 is 4.74 Å². The highest BCUT2D eigenvalue weighted by Gasteiger charge is 2.23. The van der Waals surface area contributed by atoms with Crippen LogP contribution in [-0.4, -0.2) is 22.9 Å². The number of carbonyl (C=O) groups excluding carboxylic acids is 1. The highest BCUT2D eigenvalue weighted by Crippen LogP contribution is 2.28. The van der Waals surface area contributed by atoms with E-state index < -0.39 is 5.97 Å². The van der Waals surface area contributed by atoms with Gasteiger partial charge in [-0.15, -0.1) is 0 Å². The first-order valence-electron chi connectivity index (χ1n) is 7.11. The van der Waals surface area contributed by atoms with E-state index in [1.54, 1.807) is 16.8 Å². The third-order valence-electron chi connectivity index (χ3n) is 3.62. The number of aromatic nitrogens is 2. The smallest absolute Gasteiger partial charge is 0.342 e. The number of benzene rings is 2. The van der Waals surface area contributed by atoms with Crippen LogP contribution in [0.5, 0.6) is 0 Å². The Balaban J connectivity index is 2.22. The SMILES string of the molecule is COC(=O)c1c(-c2ccccc2)nn(-c2ccc(Cl)cc2)c1C. The average molecular weight is 327 g/mol. The van der Waals surface area contributed by atoms with Crippen LogP contribution >= 0.6 is 11.6 Å². The number of carbonyl (C=O) groups is 1. The van der Waals surface area contributed by atoms with Gasteiger partial charge in [-0.25, -0.2) is 9.48 Å². The van der Waals surface area contributed by atoms with Crippen LogP contribution in [0.4, 0.5) is 0 Å². The molecule has 0 aliphatic heterocycles. The van der Waals surface area contributed by atoms with Crippen molar-refractivity contribution in [2.45, 2.75) is 6.92 Å². The fourth-order valence-electron chi connectivity index (χ4n) is 2.48. The summed E-state index contributed by atoms with van der Waals surface area (Å²) in [5, 5.41) is 5.27. The maximum atomic E-state index is 12.2. The van der Waals surface area contributed by atoms with Crippen molar-refractivity contribution in [3.63, 3.8) is 0 Å². The van der Waals surface area contributed by atoms with Crippen molar-refractivity contribution in [2.75, 3.05) is 7.11 Å². The van der Waals surface area contributed by atoms with Gasteiger partial charge in [0.2, 0.25) is 0 Å². The summed E-state index contributed by atoms with van der Waals surface area (Å²) in [7, 11) is 1.37. The molecule has 1 aromatic heterocycles. The molecule has 5 heteroatoms. The van der Waals surface area contributed by atoms with Gasteiger partial charge in [0.25, 0.3) is 0 Å². The van der Waals surface area contributed by atoms with E-state index in [0.29, 0.717) is 16.3 Å². The molecule has 2 aromatic carbocycles. The highest BCUT2D eigenvalue weighted by molar-refractivity contribution is 6.30. The van der Waals surface area contributed by atoms with Crippen LogP contribution in [0, 0.1) is 6.92 Å². The maximum absolute atomic E-state index is 12.2. The van der Waals surface area contributed by atoms with Crippen LogP contribution in [0.1, 0.15) is 16.1 Å². The van der Waals surface area contributed by atoms with Gasteiger partial charge in [0, 0.05) is 10.6 Å². The molecular weight excluding hydrogens is 312 g/mol. The Hall–Kier alpha value is -2.59. The molecule has 0 bridgehead atoms. The zero-order chi connectivity index (χ0) is 16.4. The van der Waals surface area contributed by atoms with Gasteiger partial charge in [-0.2, -0.15) is 5.10 Å². The number of halogens is 1. The van der Waals surface area contributed by atoms with Gasteiger partial charge in [-0.3, -0.25) is 0 Å². The number of rotatable bonds is 3. The Bertz CT molecular complexity index is 839. The van der Waals surface area contributed by atoms with Crippen molar-refractivity contribution < 1.29 is 9.53 Å². The lowest BCUT2D eigenvalue weighted by Crippen LogP contribution is -2.05. The Labute approximate surface area is 139 Å². The lowest BCUT2D eigenvalue weighted by atomic mass is 10.1. The molecule has 23 heavy (non-hydrogen) atoms. The summed E-state index contributed by atoms with van der Waals surface area (Å²) in [5.41, 5.74) is 3.49. The summed E-state index contributed by atoms with van der Waals surface area (Å²) in [6.07, 6.45) is 0. The molecule has 0 saturated carbocycles. The van der Waals surface area contributed by atoms with Crippen molar-refractivity contribution >= 4 is 17.6 Å². The van der Waals surface area contributed by atoms with E-state index in [2.05, 4.69) is 5.10 Å². The highest BCUT2D eigenvalue weighted by atomic mass is 35.5. The fraction of sp³-hybridized carbons (Fsp3) is 0.111. The lowest BCUT2D eigenvalue weighted by molar-refractivity contribution is 0.0600. The molecule has 1 heterocycles. The number of hydrogen-bond acceptors (Lipinski definition) is 3. The van der Waals surface area contributed by atoms with Gasteiger partial charge >= 0.3 is 5.97 Å². The van der Waals surface area contributed by atoms with Crippen LogP contribution in [-0.2, 0) is 4.74 Å². The molecule has 0 N–H and O–H groups in total. The van der Waals surface area contributed by atoms with E-state index in [9.17, 15) is 4.79 Å². The van der Waals surface area contributed by atoms with Gasteiger partial charge in [0.15, 0.2) is 0 Å². The third-order valence-corrected chi connectivity index (χ3v) is 3.88. The summed E-state index contributed by atoms with van der Waals surface area (Å²) in [4.78, 5) is 12.2. The predicted molar refractivity (Wildman–Crippen MR) is 90.1 cm³/mol. The Morgan fingerprint density at radius 2 is 1.74 bits per heavy atom. The number of hydrogen-bond donors (Lipinski definition) is 0. The molecular formula is C18H15ClN2O2. The number of nitrogens with zero attached hydrogens (tertiary/aromatic N) is 2. The van der Waals surface area contributed by atoms with Gasteiger partial charge in [-0.05, 0) is 31.2 Å². The standard InChI is InChI=1S/C18H15ClN2O2/c1-12-16(18(22)23-2)17(13-6-4-3-5-7-13)20-21(12)15-10-8-14(19)9-11-15/h3-11H,1-2H3. The molecule has 0 amide bonds. The second-order valence-corrected chi connectivity index (χ2v) is 5.49. The first kappa shape index (κ1) is 15.3. The summed E-state index contributed by atoms with van der Waals surface area (Å²) < 4.78 is 6.66. The van der Waals surface area contributed by atoms with Crippen LogP contribution in [0.2, 0.25) is 5.02 Å². The molecule has 0 unspecified atom stereocenters. The molecule has 4 nitrogen and oxygen atoms in total. The summed E-state index contributed by atoms with van der Waals surface area (Å²) in [5.74, 6) is -0.401. The van der Waals surface area contributed by atoms with Gasteiger partial charge in [0.05, 0.1) is 18.5 Å². The summed E-state index contributed by atoms with van der Waals surface area (Å²) in [6.45, 7) is 1.85. The molecule has 0 radical (unpaired) electrons. The normalized spacial score (nSPS) is 10.6. The van der Waals surface area contributed by atoms with E-state index in [0.717, 1.165) is 16.9 Å². The van der Waals surface area contributed by atoms with Crippen molar-refractivity contribution in [2.24, 2.45) is 0 Å². The molecule has 3 aromatic rings. The van der Waals surface area contributed by atoms with Crippen LogP contribution < -0.4 is 0 Å². The molecule has 0 atom stereocenters. The van der Waals surface area contributed by atoms with Gasteiger partial charge in [0.1, 0.15) is 11.3 Å². The van der Waals surface area contributed by atoms with Crippen molar-refractivity contribution in [1.29, 1.82) is 0 Å². The largest absolute Gasteiger partial charge is 0.465 e. The van der Waals surface area contributed by atoms with E-state index in [1.807, 2.05) is 49.4 Å². The minimum atomic E-state index is -0.401. The molecule has 0 saturated heterocycles. The zero-order valence-corrected chi connectivity index (χ0v) is 13.5. The number of methoxy groups -OCH3 is 1. The maximum Gasteiger partial charge on any atom is 0.342 e. The summed E-state index contributed by atoms with van der Waals surface area (Å²) >= 11 is 5.94. The van der Waals surface area contributed by atoms with Crippen molar-refractivity contribution in [3.05, 3.63) is 70.9 Å². The average Bonchev–Trinajstić information content (AvgIpc) is 2.93. The molecule has 0 aliphatic carbocycles. The molecule has 0 spiro atoms. The lowest BCUT2D eigenvalue weighted by Gasteiger charge is -2.04. The number of esters is 1. The zero-order valence-electron chi connectivity index (χ0n) is 12.8. The van der Waals surface area contributed by atoms with Gasteiger partial charge in [-0.1, -0.05) is 41.9 Å². The van der Waals surface area contributed by atoms with Crippen LogP contribution in [0.15, 0.2) is 54.6 Å². The Morgan fingerprint density at radius 1 is 1.09 bits per heavy atom. The molecule has 116 valence electrons. The van der Waals surface area contributed by atoms with E-state index in [-0.39, 0.29) is 0 Å². The van der Waals surface area contributed by atoms with E-state index >= 15 is 0 Å². The topological polar surface area (TPSA) is 44.1 Å². The first-order chi connectivity index (χ1) is 11.1. The van der Waals surface area contributed by atoms with Crippen molar-refractivity contribution in [3.8, 4) is 16.9 Å². The quantitative estimate of drug-likeness (QED) is 0.674. The minimum absolute atomic E-state index is 0.401. The number of ether oxygens (including phenoxy) is 1. The Morgan fingerprint density at radius 3 is 2.35 bits per heavy atom. The van der Waals surface area contributed by atoms with E-state index in [4.69, 9.17) is 16.3 Å². The molecule has 3 rings (SSSR count). The Kier molecular flexibility index (Phi) is 4.17. The second-order valence-electron chi connectivity index (χ2n) is 5.05. The van der Waals surface area contributed by atoms with E-state index in [1.165, 1.54) is 7.11 Å². The molecule has 0 fully saturated rings. The minimum Gasteiger partial charge on any atom is -0.465 e. The summed E-state index contributed by atoms with van der Waals surface area (Å²) in [6, 6.07) is 16.9. The van der Waals surface area contributed by atoms with Crippen LogP contribution in [0.3, 0.4) is 0 Å².